The van der Waals surface area contributed by atoms with Crippen molar-refractivity contribution in [1.29, 1.82) is 0 Å². The Kier molecular flexibility index (Phi) is 4.64. The van der Waals surface area contributed by atoms with Crippen molar-refractivity contribution in [3.8, 4) is 0 Å². The Morgan fingerprint density at radius 1 is 1.08 bits per heavy atom. The van der Waals surface area contributed by atoms with Crippen LogP contribution in [0.2, 0.25) is 0 Å². The molecule has 0 atom stereocenters. The summed E-state index contributed by atoms with van der Waals surface area (Å²) in [6, 6.07) is 0.376. The molecule has 0 rings (SSSR count). The zero-order valence-corrected chi connectivity index (χ0v) is 9.55. The van der Waals surface area contributed by atoms with Gasteiger partial charge in [-0.3, -0.25) is 0 Å². The molecule has 4 heteroatoms. The van der Waals surface area contributed by atoms with Gasteiger partial charge in [0.05, 0.1) is 0 Å². The lowest BCUT2D eigenvalue weighted by atomic mass is 10.3. The molecule has 0 aromatic rings. The summed E-state index contributed by atoms with van der Waals surface area (Å²) in [5.41, 5.74) is 0. The summed E-state index contributed by atoms with van der Waals surface area (Å²) >= 11 is 0. The van der Waals surface area contributed by atoms with Crippen LogP contribution in [0.3, 0.4) is 0 Å². The third-order valence-corrected chi connectivity index (χ3v) is 4.36. The van der Waals surface area contributed by atoms with Crippen LogP contribution in [0.4, 0.5) is 0 Å². The van der Waals surface area contributed by atoms with E-state index in [1.165, 1.54) is 0 Å². The van der Waals surface area contributed by atoms with Crippen molar-refractivity contribution in [3.05, 3.63) is 0 Å². The number of hydrogen-bond donors (Lipinski definition) is 2. The first-order valence-corrected chi connectivity index (χ1v) is 6.28. The molecule has 0 aliphatic carbocycles. The molecule has 0 fully saturated rings. The summed E-state index contributed by atoms with van der Waals surface area (Å²) in [5, 5.41) is 0. The minimum Gasteiger partial charge on any atom is -0.202 e. The van der Waals surface area contributed by atoms with Gasteiger partial charge in [0, 0.05) is 12.1 Å². The fourth-order valence-corrected chi connectivity index (χ4v) is 3.31. The highest BCUT2D eigenvalue weighted by molar-refractivity contribution is 7.62. The van der Waals surface area contributed by atoms with Crippen LogP contribution < -0.4 is 0 Å². The molecule has 0 radical (unpaired) electrons. The van der Waals surface area contributed by atoms with E-state index in [0.717, 1.165) is 0 Å². The molecule has 0 heterocycles. The topological polar surface area (TPSA) is 43.7 Å². The van der Waals surface area contributed by atoms with Crippen molar-refractivity contribution in [2.24, 2.45) is 0 Å². The number of rotatable bonds is 4. The minimum absolute atomic E-state index is 0.188. The van der Waals surface area contributed by atoms with Gasteiger partial charge >= 0.3 is 7.87 Å². The zero-order chi connectivity index (χ0) is 9.94. The maximum atomic E-state index is 9.72. The molecular formula is C8H21NO2P+. The SMILES string of the molecule is CC[P+](O)(O)N(C(C)C)C(C)C. The summed E-state index contributed by atoms with van der Waals surface area (Å²) in [5.74, 6) is 0. The van der Waals surface area contributed by atoms with Crippen LogP contribution in [0.25, 0.3) is 0 Å². The Morgan fingerprint density at radius 3 is 1.50 bits per heavy atom. The highest BCUT2D eigenvalue weighted by Gasteiger charge is 2.43. The molecule has 0 amide bonds. The number of nitrogens with zero attached hydrogens (tertiary/aromatic N) is 1. The van der Waals surface area contributed by atoms with Crippen molar-refractivity contribution in [2.45, 2.75) is 46.7 Å². The first-order chi connectivity index (χ1) is 5.33. The molecule has 0 unspecified atom stereocenters. The lowest BCUT2D eigenvalue weighted by molar-refractivity contribution is 0.240. The molecule has 0 saturated heterocycles. The van der Waals surface area contributed by atoms with E-state index in [2.05, 4.69) is 0 Å². The van der Waals surface area contributed by atoms with E-state index < -0.39 is 7.87 Å². The van der Waals surface area contributed by atoms with E-state index in [1.807, 2.05) is 34.6 Å². The van der Waals surface area contributed by atoms with Gasteiger partial charge in [0.15, 0.2) is 0 Å². The van der Waals surface area contributed by atoms with Gasteiger partial charge in [-0.1, -0.05) is 0 Å². The van der Waals surface area contributed by atoms with Crippen molar-refractivity contribution < 1.29 is 9.79 Å². The van der Waals surface area contributed by atoms with Gasteiger partial charge in [0.1, 0.15) is 6.16 Å². The molecule has 0 aromatic heterocycles. The smallest absolute Gasteiger partial charge is 0.202 e. The van der Waals surface area contributed by atoms with Gasteiger partial charge in [0.25, 0.3) is 0 Å². The molecule has 12 heavy (non-hydrogen) atoms. The maximum absolute atomic E-state index is 9.72. The fourth-order valence-electron chi connectivity index (χ4n) is 1.50. The monoisotopic (exact) mass is 194 g/mol. The summed E-state index contributed by atoms with van der Waals surface area (Å²) in [6.45, 7) is 9.74. The van der Waals surface area contributed by atoms with Gasteiger partial charge in [-0.05, 0) is 34.6 Å². The zero-order valence-electron chi connectivity index (χ0n) is 8.65. The van der Waals surface area contributed by atoms with E-state index in [0.29, 0.717) is 6.16 Å². The van der Waals surface area contributed by atoms with Crippen molar-refractivity contribution in [1.82, 2.24) is 4.67 Å². The lowest BCUT2D eigenvalue weighted by Crippen LogP contribution is -2.37. The Morgan fingerprint density at radius 2 is 1.42 bits per heavy atom. The second kappa shape index (κ2) is 4.52. The maximum Gasteiger partial charge on any atom is 0.342 e. The van der Waals surface area contributed by atoms with Crippen LogP contribution in [-0.2, 0) is 0 Å². The molecule has 3 nitrogen and oxygen atoms in total. The molecule has 2 N–H and O–H groups in total. The highest BCUT2D eigenvalue weighted by Crippen LogP contribution is 2.55. The van der Waals surface area contributed by atoms with Gasteiger partial charge in [-0.15, -0.1) is 4.67 Å². The molecule has 0 aliphatic heterocycles. The Balaban J connectivity index is 4.50. The fraction of sp³-hybridized carbons (Fsp3) is 1.00. The van der Waals surface area contributed by atoms with Crippen LogP contribution in [0.5, 0.6) is 0 Å². The first-order valence-electron chi connectivity index (χ1n) is 4.45. The standard InChI is InChI=1S/C8H21NO2P/c1-6-12(10,11)9(7(2)3)8(4)5/h7-8,10-11H,6H2,1-5H3/q+1. The first kappa shape index (κ1) is 12.3. The van der Waals surface area contributed by atoms with Crippen LogP contribution in [-0.4, -0.2) is 32.7 Å². The van der Waals surface area contributed by atoms with Gasteiger partial charge < -0.3 is 0 Å². The molecular weight excluding hydrogens is 173 g/mol. The minimum atomic E-state index is -2.81. The second-order valence-electron chi connectivity index (χ2n) is 3.58. The van der Waals surface area contributed by atoms with Crippen LogP contribution >= 0.6 is 7.87 Å². The quantitative estimate of drug-likeness (QED) is 0.671. The third kappa shape index (κ3) is 2.98. The Hall–Kier alpha value is 0.310. The van der Waals surface area contributed by atoms with Gasteiger partial charge in [0.2, 0.25) is 0 Å². The van der Waals surface area contributed by atoms with Gasteiger partial charge in [-0.25, -0.2) is 9.79 Å². The van der Waals surface area contributed by atoms with Crippen LogP contribution in [0, 0.1) is 0 Å². The normalized spacial score (nSPS) is 13.5. The van der Waals surface area contributed by atoms with Crippen molar-refractivity contribution >= 4 is 7.87 Å². The van der Waals surface area contributed by atoms with Crippen LogP contribution in [0.1, 0.15) is 34.6 Å². The molecule has 0 aromatic carbocycles. The second-order valence-corrected chi connectivity index (χ2v) is 6.06. The van der Waals surface area contributed by atoms with E-state index >= 15 is 0 Å². The Bertz CT molecular complexity index is 129. The summed E-state index contributed by atoms with van der Waals surface area (Å²) in [7, 11) is -2.81. The van der Waals surface area contributed by atoms with Crippen molar-refractivity contribution in [2.75, 3.05) is 6.16 Å². The predicted octanol–water partition coefficient (Wildman–Crippen LogP) is 1.87. The highest BCUT2D eigenvalue weighted by atomic mass is 31.2. The molecule has 74 valence electrons. The summed E-state index contributed by atoms with van der Waals surface area (Å²) in [4.78, 5) is 19.4. The summed E-state index contributed by atoms with van der Waals surface area (Å²) in [6.07, 6.45) is 0.434. The molecule has 0 aliphatic rings. The lowest BCUT2D eigenvalue weighted by Gasteiger charge is -2.31. The van der Waals surface area contributed by atoms with Crippen LogP contribution in [0.15, 0.2) is 0 Å². The van der Waals surface area contributed by atoms with Crippen molar-refractivity contribution in [3.63, 3.8) is 0 Å². The number of hydrogen-bond acceptors (Lipinski definition) is 3. The van der Waals surface area contributed by atoms with E-state index in [-0.39, 0.29) is 12.1 Å². The Labute approximate surface area is 76.0 Å². The molecule has 0 bridgehead atoms. The average molecular weight is 194 g/mol. The van der Waals surface area contributed by atoms with Gasteiger partial charge in [-0.2, -0.15) is 0 Å². The van der Waals surface area contributed by atoms with E-state index in [9.17, 15) is 9.79 Å². The molecule has 0 saturated carbocycles. The largest absolute Gasteiger partial charge is 0.342 e. The van der Waals surface area contributed by atoms with E-state index in [1.54, 1.807) is 4.67 Å². The molecule has 0 spiro atoms. The predicted molar refractivity (Wildman–Crippen MR) is 54.0 cm³/mol. The summed E-state index contributed by atoms with van der Waals surface area (Å²) < 4.78 is 1.80. The van der Waals surface area contributed by atoms with E-state index in [4.69, 9.17) is 0 Å². The third-order valence-electron chi connectivity index (χ3n) is 1.85. The average Bonchev–Trinajstić information content (AvgIpc) is 1.84.